The number of carbonyl (C=O) groups excluding carboxylic acids is 4. The number of methoxy groups -OCH3 is 2. The largest absolute Gasteiger partial charge is 0.467 e. The SMILES string of the molecule is CCCC(C)(NC(=O)C1CCCC(C(=O)NC(C)(CCC)C(=O)OC)C1)C(=O)OC. The van der Waals surface area contributed by atoms with E-state index in [-0.39, 0.29) is 23.7 Å². The molecule has 0 saturated heterocycles. The molecule has 30 heavy (non-hydrogen) atoms. The minimum absolute atomic E-state index is 0.238. The molecular formula is C22H38N2O6. The predicted octanol–water partition coefficient (Wildman–Crippen LogP) is 2.49. The normalized spacial score (nSPS) is 22.7. The van der Waals surface area contributed by atoms with Crippen LogP contribution < -0.4 is 10.6 Å². The van der Waals surface area contributed by atoms with Crippen LogP contribution in [0.3, 0.4) is 0 Å². The van der Waals surface area contributed by atoms with E-state index in [1.165, 1.54) is 14.2 Å². The molecule has 4 atom stereocenters. The molecule has 4 unspecified atom stereocenters. The summed E-state index contributed by atoms with van der Waals surface area (Å²) in [6.45, 7) is 7.20. The van der Waals surface area contributed by atoms with Gasteiger partial charge in [0, 0.05) is 11.8 Å². The minimum atomic E-state index is -1.08. The van der Waals surface area contributed by atoms with E-state index in [9.17, 15) is 19.2 Å². The summed E-state index contributed by atoms with van der Waals surface area (Å²) >= 11 is 0. The van der Waals surface area contributed by atoms with Crippen LogP contribution in [0.4, 0.5) is 0 Å². The Balaban J connectivity index is 2.85. The second-order valence-electron chi connectivity index (χ2n) is 8.69. The minimum Gasteiger partial charge on any atom is -0.467 e. The summed E-state index contributed by atoms with van der Waals surface area (Å²) in [7, 11) is 2.61. The van der Waals surface area contributed by atoms with Crippen LogP contribution >= 0.6 is 0 Å². The van der Waals surface area contributed by atoms with E-state index in [4.69, 9.17) is 9.47 Å². The Morgan fingerprint density at radius 1 is 0.800 bits per heavy atom. The molecule has 2 N–H and O–H groups in total. The van der Waals surface area contributed by atoms with Gasteiger partial charge in [-0.05, 0) is 46.0 Å². The maximum Gasteiger partial charge on any atom is 0.331 e. The van der Waals surface area contributed by atoms with Gasteiger partial charge in [-0.15, -0.1) is 0 Å². The molecule has 0 heterocycles. The Bertz CT molecular complexity index is 585. The van der Waals surface area contributed by atoms with Crippen LogP contribution in [0.2, 0.25) is 0 Å². The first-order valence-corrected chi connectivity index (χ1v) is 10.9. The number of esters is 2. The number of hydrogen-bond donors (Lipinski definition) is 2. The van der Waals surface area contributed by atoms with Gasteiger partial charge in [0.05, 0.1) is 14.2 Å². The van der Waals surface area contributed by atoms with E-state index >= 15 is 0 Å². The van der Waals surface area contributed by atoms with Crippen LogP contribution in [0.25, 0.3) is 0 Å². The molecule has 172 valence electrons. The lowest BCUT2D eigenvalue weighted by atomic mass is 9.79. The van der Waals surface area contributed by atoms with Crippen molar-refractivity contribution in [3.63, 3.8) is 0 Å². The van der Waals surface area contributed by atoms with Gasteiger partial charge in [0.2, 0.25) is 11.8 Å². The molecule has 2 amide bonds. The van der Waals surface area contributed by atoms with Crippen molar-refractivity contribution in [1.82, 2.24) is 10.6 Å². The van der Waals surface area contributed by atoms with Gasteiger partial charge in [0.15, 0.2) is 0 Å². The van der Waals surface area contributed by atoms with E-state index in [2.05, 4.69) is 10.6 Å². The van der Waals surface area contributed by atoms with E-state index in [1.54, 1.807) is 13.8 Å². The first-order valence-electron chi connectivity index (χ1n) is 10.9. The van der Waals surface area contributed by atoms with Crippen molar-refractivity contribution in [3.8, 4) is 0 Å². The quantitative estimate of drug-likeness (QED) is 0.519. The van der Waals surface area contributed by atoms with Crippen LogP contribution in [0.15, 0.2) is 0 Å². The van der Waals surface area contributed by atoms with Crippen molar-refractivity contribution >= 4 is 23.8 Å². The van der Waals surface area contributed by atoms with Crippen molar-refractivity contribution in [1.29, 1.82) is 0 Å². The van der Waals surface area contributed by atoms with Gasteiger partial charge in [-0.1, -0.05) is 33.1 Å². The van der Waals surface area contributed by atoms with Crippen LogP contribution in [-0.2, 0) is 28.7 Å². The molecule has 0 aromatic heterocycles. The van der Waals surface area contributed by atoms with Crippen molar-refractivity contribution in [2.45, 2.75) is 90.1 Å². The molecule has 8 nitrogen and oxygen atoms in total. The summed E-state index contributed by atoms with van der Waals surface area (Å²) in [6.07, 6.45) is 4.78. The lowest BCUT2D eigenvalue weighted by Gasteiger charge is -2.34. The maximum absolute atomic E-state index is 12.9. The molecule has 0 radical (unpaired) electrons. The fourth-order valence-electron chi connectivity index (χ4n) is 4.30. The third-order valence-corrected chi connectivity index (χ3v) is 5.99. The first-order chi connectivity index (χ1) is 14.1. The summed E-state index contributed by atoms with van der Waals surface area (Å²) in [6, 6.07) is 0. The zero-order chi connectivity index (χ0) is 22.9. The summed E-state index contributed by atoms with van der Waals surface area (Å²) in [5.74, 6) is -2.17. The predicted molar refractivity (Wildman–Crippen MR) is 112 cm³/mol. The second-order valence-corrected chi connectivity index (χ2v) is 8.69. The number of carbonyl (C=O) groups is 4. The Labute approximate surface area is 179 Å². The van der Waals surface area contributed by atoms with Crippen LogP contribution in [-0.4, -0.2) is 49.1 Å². The Morgan fingerprint density at radius 3 is 1.47 bits per heavy atom. The van der Waals surface area contributed by atoms with Crippen molar-refractivity contribution in [3.05, 3.63) is 0 Å². The number of amides is 2. The summed E-state index contributed by atoms with van der Waals surface area (Å²) < 4.78 is 9.73. The van der Waals surface area contributed by atoms with Crippen LogP contribution in [0, 0.1) is 11.8 Å². The van der Waals surface area contributed by atoms with Gasteiger partial charge in [-0.25, -0.2) is 9.59 Å². The highest BCUT2D eigenvalue weighted by atomic mass is 16.5. The molecule has 0 aromatic rings. The van der Waals surface area contributed by atoms with Gasteiger partial charge in [-0.3, -0.25) is 9.59 Å². The lowest BCUT2D eigenvalue weighted by Crippen LogP contribution is -2.56. The smallest absolute Gasteiger partial charge is 0.331 e. The summed E-state index contributed by atoms with van der Waals surface area (Å²) in [5, 5.41) is 5.70. The molecule has 1 rings (SSSR count). The second kappa shape index (κ2) is 11.3. The third kappa shape index (κ3) is 6.44. The number of nitrogens with one attached hydrogen (secondary N) is 2. The first kappa shape index (κ1) is 25.9. The van der Waals surface area contributed by atoms with Crippen molar-refractivity contribution in [2.24, 2.45) is 11.8 Å². The average molecular weight is 427 g/mol. The highest BCUT2D eigenvalue weighted by Crippen LogP contribution is 2.31. The van der Waals surface area contributed by atoms with Gasteiger partial charge in [0.25, 0.3) is 0 Å². The standard InChI is InChI=1S/C22H38N2O6/c1-7-12-21(3,19(27)29-5)23-17(25)15-10-9-11-16(14-15)18(26)24-22(4,13-8-2)20(28)30-6/h15-16H,7-14H2,1-6H3,(H,23,25)(H,24,26). The molecule has 0 spiro atoms. The Hall–Kier alpha value is -2.12. The van der Waals surface area contributed by atoms with E-state index in [1.807, 2.05) is 13.8 Å². The van der Waals surface area contributed by atoms with Crippen LogP contribution in [0.5, 0.6) is 0 Å². The number of hydrogen-bond acceptors (Lipinski definition) is 6. The monoisotopic (exact) mass is 426 g/mol. The van der Waals surface area contributed by atoms with E-state index in [0.717, 1.165) is 6.42 Å². The highest BCUT2D eigenvalue weighted by Gasteiger charge is 2.41. The van der Waals surface area contributed by atoms with Gasteiger partial charge < -0.3 is 20.1 Å². The molecule has 1 fully saturated rings. The van der Waals surface area contributed by atoms with Crippen LogP contribution in [0.1, 0.15) is 79.1 Å². The van der Waals surface area contributed by atoms with Gasteiger partial charge in [0.1, 0.15) is 11.1 Å². The molecule has 8 heteroatoms. The molecular weight excluding hydrogens is 388 g/mol. The molecule has 0 aliphatic heterocycles. The fraction of sp³-hybridized carbons (Fsp3) is 0.818. The topological polar surface area (TPSA) is 111 Å². The maximum atomic E-state index is 12.9. The molecule has 0 aromatic carbocycles. The van der Waals surface area contributed by atoms with Crippen molar-refractivity contribution < 1.29 is 28.7 Å². The number of rotatable bonds is 10. The highest BCUT2D eigenvalue weighted by molar-refractivity contribution is 5.90. The molecule has 1 aliphatic carbocycles. The fourth-order valence-corrected chi connectivity index (χ4v) is 4.30. The molecule has 1 aliphatic rings. The number of ether oxygens (including phenoxy) is 2. The average Bonchev–Trinajstić information content (AvgIpc) is 2.72. The van der Waals surface area contributed by atoms with Gasteiger partial charge in [-0.2, -0.15) is 0 Å². The van der Waals surface area contributed by atoms with E-state index < -0.39 is 23.0 Å². The lowest BCUT2D eigenvalue weighted by molar-refractivity contribution is -0.152. The molecule has 1 saturated carbocycles. The molecule has 0 bridgehead atoms. The Morgan fingerprint density at radius 2 is 1.17 bits per heavy atom. The third-order valence-electron chi connectivity index (χ3n) is 5.99. The zero-order valence-electron chi connectivity index (χ0n) is 19.3. The van der Waals surface area contributed by atoms with Crippen molar-refractivity contribution in [2.75, 3.05) is 14.2 Å². The Kier molecular flexibility index (Phi) is 9.78. The zero-order valence-corrected chi connectivity index (χ0v) is 19.3. The summed E-state index contributed by atoms with van der Waals surface area (Å²) in [4.78, 5) is 50.1. The van der Waals surface area contributed by atoms with E-state index in [0.29, 0.717) is 44.9 Å². The summed E-state index contributed by atoms with van der Waals surface area (Å²) in [5.41, 5.74) is -2.17. The van der Waals surface area contributed by atoms with Gasteiger partial charge >= 0.3 is 11.9 Å².